The maximum Gasteiger partial charge on any atom is 0.263 e. The van der Waals surface area contributed by atoms with E-state index in [0.29, 0.717) is 5.82 Å². The average Bonchev–Trinajstić information content (AvgIpc) is 2.68. The minimum Gasteiger partial charge on any atom is -0.353 e. The van der Waals surface area contributed by atoms with Gasteiger partial charge in [0.25, 0.3) is 10.0 Å². The van der Waals surface area contributed by atoms with Crippen LogP contribution in [0, 0.1) is 0 Å². The minimum absolute atomic E-state index is 0.201. The largest absolute Gasteiger partial charge is 0.353 e. The number of aromatic nitrogens is 1. The summed E-state index contributed by atoms with van der Waals surface area (Å²) in [6, 6.07) is 16.3. The molecular weight excluding hydrogens is 440 g/mol. The van der Waals surface area contributed by atoms with Crippen LogP contribution < -0.4 is 9.62 Å². The van der Waals surface area contributed by atoms with Crippen LogP contribution in [0.5, 0.6) is 0 Å². The molecule has 0 radical (unpaired) electrons. The second kappa shape index (κ2) is 7.69. The maximum atomic E-state index is 12.8. The number of sulfonamides is 1. The van der Waals surface area contributed by atoms with Gasteiger partial charge in [-0.1, -0.05) is 40.2 Å². The second-order valence-electron chi connectivity index (χ2n) is 6.90. The number of nitrogens with zero attached hydrogens (tertiary/aromatic N) is 3. The van der Waals surface area contributed by atoms with Gasteiger partial charge >= 0.3 is 0 Å². The number of likely N-dealkylation sites (N-methyl/N-ethyl adjacent to an activating group) is 1. The molecule has 1 fully saturated rings. The fourth-order valence-electron chi connectivity index (χ4n) is 3.30. The van der Waals surface area contributed by atoms with Crippen molar-refractivity contribution in [2.45, 2.75) is 4.90 Å². The van der Waals surface area contributed by atoms with Crippen molar-refractivity contribution in [3.8, 4) is 0 Å². The third-order valence-electron chi connectivity index (χ3n) is 4.89. The van der Waals surface area contributed by atoms with E-state index in [1.54, 1.807) is 30.3 Å². The molecule has 2 aromatic carbocycles. The Balaban J connectivity index is 1.72. The standard InChI is InChI=1S/C20H21BrN4O2S/c1-24-10-12-25(13-11-24)20-18-5-3-2-4-15(18)14-19(22-20)23-28(26,27)17-8-6-16(21)7-9-17/h2-9,14H,10-13H2,1H3,(H,22,23). The van der Waals surface area contributed by atoms with Gasteiger partial charge in [-0.15, -0.1) is 0 Å². The number of piperazine rings is 1. The summed E-state index contributed by atoms with van der Waals surface area (Å²) in [6.07, 6.45) is 0. The minimum atomic E-state index is -3.72. The topological polar surface area (TPSA) is 65.5 Å². The van der Waals surface area contributed by atoms with Gasteiger partial charge in [-0.3, -0.25) is 4.72 Å². The van der Waals surface area contributed by atoms with E-state index >= 15 is 0 Å². The normalized spacial score (nSPS) is 15.7. The van der Waals surface area contributed by atoms with Crippen molar-refractivity contribution >= 4 is 48.4 Å². The molecule has 3 aromatic rings. The lowest BCUT2D eigenvalue weighted by molar-refractivity contribution is 0.312. The van der Waals surface area contributed by atoms with Crippen molar-refractivity contribution in [2.75, 3.05) is 42.8 Å². The Bertz CT molecular complexity index is 1090. The van der Waals surface area contributed by atoms with Crippen LogP contribution in [-0.4, -0.2) is 51.5 Å². The summed E-state index contributed by atoms with van der Waals surface area (Å²) < 4.78 is 29.1. The van der Waals surface area contributed by atoms with Crippen LogP contribution in [0.4, 0.5) is 11.6 Å². The van der Waals surface area contributed by atoms with Crippen molar-refractivity contribution < 1.29 is 8.42 Å². The van der Waals surface area contributed by atoms with Gasteiger partial charge in [0.05, 0.1) is 4.90 Å². The SMILES string of the molecule is CN1CCN(c2nc(NS(=O)(=O)c3ccc(Br)cc3)cc3ccccc23)CC1. The summed E-state index contributed by atoms with van der Waals surface area (Å²) in [7, 11) is -1.61. The van der Waals surface area contributed by atoms with E-state index in [9.17, 15) is 8.42 Å². The van der Waals surface area contributed by atoms with E-state index in [1.165, 1.54) is 0 Å². The van der Waals surface area contributed by atoms with E-state index in [4.69, 9.17) is 0 Å². The molecule has 6 nitrogen and oxygen atoms in total. The van der Waals surface area contributed by atoms with Crippen LogP contribution in [0.3, 0.4) is 0 Å². The zero-order valence-electron chi connectivity index (χ0n) is 15.5. The van der Waals surface area contributed by atoms with Crippen LogP contribution in [0.2, 0.25) is 0 Å². The van der Waals surface area contributed by atoms with E-state index in [0.717, 1.165) is 47.2 Å². The van der Waals surface area contributed by atoms with E-state index in [2.05, 4.69) is 42.5 Å². The van der Waals surface area contributed by atoms with Gasteiger partial charge in [0, 0.05) is 36.0 Å². The smallest absolute Gasteiger partial charge is 0.263 e. The predicted molar refractivity (Wildman–Crippen MR) is 116 cm³/mol. The third kappa shape index (κ3) is 3.99. The molecule has 1 saturated heterocycles. The lowest BCUT2D eigenvalue weighted by atomic mass is 10.1. The van der Waals surface area contributed by atoms with Crippen molar-refractivity contribution in [3.63, 3.8) is 0 Å². The average molecular weight is 461 g/mol. The Morgan fingerprint density at radius 3 is 2.39 bits per heavy atom. The quantitative estimate of drug-likeness (QED) is 0.644. The van der Waals surface area contributed by atoms with Crippen molar-refractivity contribution in [3.05, 3.63) is 59.1 Å². The van der Waals surface area contributed by atoms with Crippen molar-refractivity contribution in [1.82, 2.24) is 9.88 Å². The van der Waals surface area contributed by atoms with Gasteiger partial charge in [-0.25, -0.2) is 13.4 Å². The maximum absolute atomic E-state index is 12.8. The molecule has 8 heteroatoms. The number of hydrogen-bond acceptors (Lipinski definition) is 5. The fraction of sp³-hybridized carbons (Fsp3) is 0.250. The number of nitrogens with one attached hydrogen (secondary N) is 1. The van der Waals surface area contributed by atoms with Crippen LogP contribution >= 0.6 is 15.9 Å². The fourth-order valence-corrected chi connectivity index (χ4v) is 4.56. The highest BCUT2D eigenvalue weighted by molar-refractivity contribution is 9.10. The molecular formula is C20H21BrN4O2S. The highest BCUT2D eigenvalue weighted by Crippen LogP contribution is 2.29. The zero-order chi connectivity index (χ0) is 19.7. The van der Waals surface area contributed by atoms with Crippen LogP contribution in [0.15, 0.2) is 64.0 Å². The summed E-state index contributed by atoms with van der Waals surface area (Å²) in [5.41, 5.74) is 0. The molecule has 1 aromatic heterocycles. The first-order chi connectivity index (χ1) is 13.4. The first kappa shape index (κ1) is 19.2. The van der Waals surface area contributed by atoms with E-state index in [1.807, 2.05) is 24.3 Å². The van der Waals surface area contributed by atoms with Gasteiger partial charge in [-0.2, -0.15) is 0 Å². The predicted octanol–water partition coefficient (Wildman–Crippen LogP) is 3.55. The van der Waals surface area contributed by atoms with Crippen LogP contribution in [0.25, 0.3) is 10.8 Å². The molecule has 0 bridgehead atoms. The van der Waals surface area contributed by atoms with Gasteiger partial charge < -0.3 is 9.80 Å². The highest BCUT2D eigenvalue weighted by Gasteiger charge is 2.20. The monoisotopic (exact) mass is 460 g/mol. The number of pyridine rings is 1. The van der Waals surface area contributed by atoms with E-state index < -0.39 is 10.0 Å². The molecule has 0 atom stereocenters. The van der Waals surface area contributed by atoms with Gasteiger partial charge in [-0.05, 0) is 42.8 Å². The molecule has 1 aliphatic rings. The second-order valence-corrected chi connectivity index (χ2v) is 9.50. The van der Waals surface area contributed by atoms with Crippen LogP contribution in [0.1, 0.15) is 0 Å². The van der Waals surface area contributed by atoms with Gasteiger partial charge in [0.1, 0.15) is 11.6 Å². The third-order valence-corrected chi connectivity index (χ3v) is 6.79. The van der Waals surface area contributed by atoms with Gasteiger partial charge in [0.2, 0.25) is 0 Å². The molecule has 0 spiro atoms. The summed E-state index contributed by atoms with van der Waals surface area (Å²) >= 11 is 3.33. The van der Waals surface area contributed by atoms with Crippen LogP contribution in [-0.2, 0) is 10.0 Å². The number of benzene rings is 2. The first-order valence-electron chi connectivity index (χ1n) is 9.04. The molecule has 0 unspecified atom stereocenters. The van der Waals surface area contributed by atoms with Crippen molar-refractivity contribution in [1.29, 1.82) is 0 Å². The molecule has 1 aliphatic heterocycles. The Labute approximate surface area is 173 Å². The lowest BCUT2D eigenvalue weighted by Crippen LogP contribution is -2.45. The lowest BCUT2D eigenvalue weighted by Gasteiger charge is -2.34. The van der Waals surface area contributed by atoms with Gasteiger partial charge in [0.15, 0.2) is 0 Å². The molecule has 4 rings (SSSR count). The summed E-state index contributed by atoms with van der Waals surface area (Å²) in [5.74, 6) is 1.15. The molecule has 0 aliphatic carbocycles. The number of rotatable bonds is 4. The highest BCUT2D eigenvalue weighted by atomic mass is 79.9. The Morgan fingerprint density at radius 1 is 1.00 bits per heavy atom. The Hall–Kier alpha value is -2.16. The first-order valence-corrected chi connectivity index (χ1v) is 11.3. The Kier molecular flexibility index (Phi) is 5.27. The molecule has 2 heterocycles. The number of fused-ring (bicyclic) bond motifs is 1. The molecule has 28 heavy (non-hydrogen) atoms. The molecule has 0 saturated carbocycles. The Morgan fingerprint density at radius 2 is 1.68 bits per heavy atom. The summed E-state index contributed by atoms with van der Waals surface area (Å²) in [5, 5.41) is 1.98. The molecule has 146 valence electrons. The number of anilines is 2. The van der Waals surface area contributed by atoms with E-state index in [-0.39, 0.29) is 4.90 Å². The summed E-state index contributed by atoms with van der Waals surface area (Å²) in [4.78, 5) is 9.39. The molecule has 0 amide bonds. The number of hydrogen-bond donors (Lipinski definition) is 1. The summed E-state index contributed by atoms with van der Waals surface area (Å²) in [6.45, 7) is 3.61. The molecule has 1 N–H and O–H groups in total. The zero-order valence-corrected chi connectivity index (χ0v) is 17.9. The number of halogens is 1. The van der Waals surface area contributed by atoms with Crippen molar-refractivity contribution in [2.24, 2.45) is 0 Å².